The Kier molecular flexibility index (Phi) is 4.75. The standard InChI is InChI=1S/C21H22N6O3S/c1-14-13-30-10-9-26(14)20-11-19(15-3-5-16(6-4-15)31(2,28)29)27-21(24-20)17(12-23-27)18-7-8-22-25-18/h3-8,11-12,14H,9-10,13H2,1-2H3,(H,22,25)/t14-/m1/s1. The Bertz CT molecular complexity index is 1330. The Balaban J connectivity index is 1.71. The van der Waals surface area contributed by atoms with Crippen molar-refractivity contribution in [2.75, 3.05) is 30.9 Å². The minimum absolute atomic E-state index is 0.183. The Morgan fingerprint density at radius 2 is 2.00 bits per heavy atom. The zero-order chi connectivity index (χ0) is 21.6. The van der Waals surface area contributed by atoms with E-state index in [1.807, 2.05) is 12.1 Å². The van der Waals surface area contributed by atoms with Gasteiger partial charge in [0.05, 0.1) is 47.3 Å². The minimum Gasteiger partial charge on any atom is -0.377 e. The van der Waals surface area contributed by atoms with Crippen LogP contribution in [0.2, 0.25) is 0 Å². The molecule has 5 rings (SSSR count). The molecule has 1 atom stereocenters. The largest absolute Gasteiger partial charge is 0.377 e. The molecule has 31 heavy (non-hydrogen) atoms. The predicted octanol–water partition coefficient (Wildman–Crippen LogP) is 2.42. The Morgan fingerprint density at radius 3 is 2.68 bits per heavy atom. The van der Waals surface area contributed by atoms with Gasteiger partial charge < -0.3 is 9.64 Å². The van der Waals surface area contributed by atoms with Gasteiger partial charge in [-0.05, 0) is 25.1 Å². The van der Waals surface area contributed by atoms with Crippen LogP contribution in [0, 0.1) is 0 Å². The number of sulfone groups is 1. The molecule has 1 saturated heterocycles. The van der Waals surface area contributed by atoms with Gasteiger partial charge in [-0.2, -0.15) is 10.2 Å². The maximum Gasteiger partial charge on any atom is 0.175 e. The van der Waals surface area contributed by atoms with Crippen molar-refractivity contribution in [2.24, 2.45) is 0 Å². The number of hydrogen-bond acceptors (Lipinski definition) is 7. The number of aromatic amines is 1. The average molecular weight is 439 g/mol. The molecule has 1 aromatic carbocycles. The highest BCUT2D eigenvalue weighted by Gasteiger charge is 2.23. The van der Waals surface area contributed by atoms with Crippen molar-refractivity contribution in [1.29, 1.82) is 0 Å². The summed E-state index contributed by atoms with van der Waals surface area (Å²) < 4.78 is 31.1. The van der Waals surface area contributed by atoms with Gasteiger partial charge in [0.15, 0.2) is 15.5 Å². The summed E-state index contributed by atoms with van der Waals surface area (Å²) in [4.78, 5) is 7.44. The van der Waals surface area contributed by atoms with Crippen LogP contribution in [0.3, 0.4) is 0 Å². The van der Waals surface area contributed by atoms with Crippen LogP contribution in [0.5, 0.6) is 0 Å². The number of nitrogens with zero attached hydrogens (tertiary/aromatic N) is 5. The van der Waals surface area contributed by atoms with Crippen LogP contribution in [0.1, 0.15) is 6.92 Å². The lowest BCUT2D eigenvalue weighted by Gasteiger charge is -2.34. The molecule has 4 aromatic rings. The Morgan fingerprint density at radius 1 is 1.19 bits per heavy atom. The van der Waals surface area contributed by atoms with Gasteiger partial charge in [-0.3, -0.25) is 5.10 Å². The number of aromatic nitrogens is 5. The number of rotatable bonds is 4. The average Bonchev–Trinajstić information content (AvgIpc) is 3.42. The summed E-state index contributed by atoms with van der Waals surface area (Å²) in [6.07, 6.45) is 4.66. The number of morpholine rings is 1. The predicted molar refractivity (Wildman–Crippen MR) is 117 cm³/mol. The first-order chi connectivity index (χ1) is 14.9. The van der Waals surface area contributed by atoms with Gasteiger partial charge in [-0.25, -0.2) is 17.9 Å². The van der Waals surface area contributed by atoms with Crippen molar-refractivity contribution >= 4 is 21.3 Å². The number of nitrogens with one attached hydrogen (secondary N) is 1. The quantitative estimate of drug-likeness (QED) is 0.522. The van der Waals surface area contributed by atoms with Gasteiger partial charge >= 0.3 is 0 Å². The molecule has 9 nitrogen and oxygen atoms in total. The fraction of sp³-hybridized carbons (Fsp3) is 0.286. The summed E-state index contributed by atoms with van der Waals surface area (Å²) in [6, 6.07) is 10.9. The molecule has 0 radical (unpaired) electrons. The number of hydrogen-bond donors (Lipinski definition) is 1. The van der Waals surface area contributed by atoms with Crippen molar-refractivity contribution < 1.29 is 13.2 Å². The number of H-pyrrole nitrogens is 1. The zero-order valence-corrected chi connectivity index (χ0v) is 18.0. The lowest BCUT2D eigenvalue weighted by molar-refractivity contribution is 0.0985. The van der Waals surface area contributed by atoms with E-state index in [0.717, 1.165) is 34.9 Å². The van der Waals surface area contributed by atoms with Gasteiger partial charge in [0.1, 0.15) is 5.82 Å². The van der Waals surface area contributed by atoms with Crippen LogP contribution in [-0.4, -0.2) is 65.3 Å². The van der Waals surface area contributed by atoms with E-state index >= 15 is 0 Å². The van der Waals surface area contributed by atoms with Gasteiger partial charge in [0.2, 0.25) is 0 Å². The summed E-state index contributed by atoms with van der Waals surface area (Å²) in [5, 5.41) is 11.6. The summed E-state index contributed by atoms with van der Waals surface area (Å²) in [5.74, 6) is 0.826. The van der Waals surface area contributed by atoms with E-state index in [2.05, 4.69) is 27.1 Å². The monoisotopic (exact) mass is 438 g/mol. The maximum absolute atomic E-state index is 11.9. The van der Waals surface area contributed by atoms with E-state index < -0.39 is 9.84 Å². The highest BCUT2D eigenvalue weighted by atomic mass is 32.2. The normalized spacial score (nSPS) is 17.4. The van der Waals surface area contributed by atoms with Gasteiger partial charge in [-0.15, -0.1) is 0 Å². The second-order valence-corrected chi connectivity index (χ2v) is 9.69. The molecule has 3 aromatic heterocycles. The summed E-state index contributed by atoms with van der Waals surface area (Å²) in [6.45, 7) is 4.13. The molecule has 1 N–H and O–H groups in total. The second kappa shape index (κ2) is 7.47. The van der Waals surface area contributed by atoms with Crippen LogP contribution in [0.4, 0.5) is 5.82 Å². The fourth-order valence-corrected chi connectivity index (χ4v) is 4.47. The molecule has 10 heteroatoms. The van der Waals surface area contributed by atoms with Crippen molar-refractivity contribution in [2.45, 2.75) is 17.9 Å². The smallest absolute Gasteiger partial charge is 0.175 e. The Hall–Kier alpha value is -3.24. The van der Waals surface area contributed by atoms with E-state index in [0.29, 0.717) is 18.9 Å². The molecule has 0 aliphatic carbocycles. The molecule has 0 saturated carbocycles. The van der Waals surface area contributed by atoms with Gasteiger partial charge in [0, 0.05) is 30.6 Å². The van der Waals surface area contributed by atoms with Crippen molar-refractivity contribution in [3.8, 4) is 22.5 Å². The molecular formula is C21H22N6O3S. The first-order valence-corrected chi connectivity index (χ1v) is 11.8. The molecule has 0 unspecified atom stereocenters. The highest BCUT2D eigenvalue weighted by molar-refractivity contribution is 7.90. The molecule has 0 amide bonds. The third kappa shape index (κ3) is 3.57. The number of fused-ring (bicyclic) bond motifs is 1. The van der Waals surface area contributed by atoms with Crippen LogP contribution in [0.15, 0.2) is 53.7 Å². The van der Waals surface area contributed by atoms with Crippen LogP contribution < -0.4 is 4.90 Å². The van der Waals surface area contributed by atoms with Gasteiger partial charge in [-0.1, -0.05) is 12.1 Å². The van der Waals surface area contributed by atoms with Gasteiger partial charge in [0.25, 0.3) is 0 Å². The number of anilines is 1. The molecule has 1 aliphatic heterocycles. The summed E-state index contributed by atoms with van der Waals surface area (Å²) in [5.41, 5.74) is 4.04. The lowest BCUT2D eigenvalue weighted by atomic mass is 10.1. The third-order valence-electron chi connectivity index (χ3n) is 5.49. The molecule has 160 valence electrons. The van der Waals surface area contributed by atoms with Crippen molar-refractivity contribution in [3.63, 3.8) is 0 Å². The van der Waals surface area contributed by atoms with E-state index in [1.165, 1.54) is 6.26 Å². The van der Waals surface area contributed by atoms with Crippen LogP contribution in [-0.2, 0) is 14.6 Å². The van der Waals surface area contributed by atoms with Crippen LogP contribution >= 0.6 is 0 Å². The third-order valence-corrected chi connectivity index (χ3v) is 6.62. The highest BCUT2D eigenvalue weighted by Crippen LogP contribution is 2.31. The second-order valence-electron chi connectivity index (χ2n) is 7.68. The van der Waals surface area contributed by atoms with Crippen LogP contribution in [0.25, 0.3) is 28.2 Å². The molecule has 1 aliphatic rings. The molecule has 4 heterocycles. The van der Waals surface area contributed by atoms with Crippen molar-refractivity contribution in [1.82, 2.24) is 24.8 Å². The summed E-state index contributed by atoms with van der Waals surface area (Å²) >= 11 is 0. The first-order valence-electron chi connectivity index (χ1n) is 9.95. The van der Waals surface area contributed by atoms with E-state index in [9.17, 15) is 8.42 Å². The molecular weight excluding hydrogens is 416 g/mol. The molecule has 0 bridgehead atoms. The SMILES string of the molecule is C[C@@H]1COCCN1c1cc(-c2ccc(S(C)(=O)=O)cc2)n2ncc(-c3ccn[nH]3)c2n1. The van der Waals surface area contributed by atoms with Crippen molar-refractivity contribution in [3.05, 3.63) is 48.8 Å². The number of ether oxygens (including phenoxy) is 1. The molecule has 1 fully saturated rings. The zero-order valence-electron chi connectivity index (χ0n) is 17.2. The van der Waals surface area contributed by atoms with E-state index in [-0.39, 0.29) is 10.9 Å². The summed E-state index contributed by atoms with van der Waals surface area (Å²) in [7, 11) is -3.27. The fourth-order valence-electron chi connectivity index (χ4n) is 3.84. The topological polar surface area (TPSA) is 105 Å². The molecule has 0 spiro atoms. The van der Waals surface area contributed by atoms with E-state index in [1.54, 1.807) is 41.2 Å². The number of benzene rings is 1. The minimum atomic E-state index is -3.27. The first kappa shape index (κ1) is 19.7. The maximum atomic E-state index is 11.9. The lowest BCUT2D eigenvalue weighted by Crippen LogP contribution is -2.44. The van der Waals surface area contributed by atoms with E-state index in [4.69, 9.17) is 9.72 Å². The Labute approximate surface area is 179 Å².